The molecule has 15 heavy (non-hydrogen) atoms. The van der Waals surface area contributed by atoms with Gasteiger partial charge in [0, 0.05) is 6.04 Å². The van der Waals surface area contributed by atoms with E-state index in [1.54, 1.807) is 0 Å². The molecule has 1 amide bonds. The van der Waals surface area contributed by atoms with E-state index in [4.69, 9.17) is 0 Å². The molecule has 2 atom stereocenters. The van der Waals surface area contributed by atoms with E-state index in [0.29, 0.717) is 6.42 Å². The van der Waals surface area contributed by atoms with E-state index >= 15 is 0 Å². The fourth-order valence-electron chi connectivity index (χ4n) is 1.65. The molecule has 0 bridgehead atoms. The zero-order valence-electron chi connectivity index (χ0n) is 8.53. The minimum Gasteiger partial charge on any atom is -0.352 e. The van der Waals surface area contributed by atoms with Crippen molar-refractivity contribution >= 4 is 5.91 Å². The van der Waals surface area contributed by atoms with Crippen LogP contribution in [-0.2, 0) is 4.79 Å². The van der Waals surface area contributed by atoms with Crippen molar-refractivity contribution in [2.75, 3.05) is 6.54 Å². The molecule has 0 radical (unpaired) electrons. The van der Waals surface area contributed by atoms with E-state index in [1.165, 1.54) is 6.92 Å². The first-order valence-corrected chi connectivity index (χ1v) is 4.99. The molecule has 1 saturated heterocycles. The molecule has 1 heterocycles. The Morgan fingerprint density at radius 1 is 1.60 bits per heavy atom. The Morgan fingerprint density at radius 3 is 2.73 bits per heavy atom. The van der Waals surface area contributed by atoms with Gasteiger partial charge in [0.1, 0.15) is 0 Å². The Bertz CT molecular complexity index is 224. The molecule has 0 aromatic heterocycles. The van der Waals surface area contributed by atoms with Crippen molar-refractivity contribution in [3.8, 4) is 0 Å². The highest BCUT2D eigenvalue weighted by molar-refractivity contribution is 5.82. The molecule has 0 spiro atoms. The topological polar surface area (TPSA) is 41.1 Å². The maximum Gasteiger partial charge on any atom is 0.391 e. The van der Waals surface area contributed by atoms with Crippen LogP contribution in [0.5, 0.6) is 0 Å². The number of halogens is 3. The van der Waals surface area contributed by atoms with Crippen molar-refractivity contribution < 1.29 is 18.0 Å². The third kappa shape index (κ3) is 4.51. The van der Waals surface area contributed by atoms with Crippen LogP contribution in [0.15, 0.2) is 0 Å². The van der Waals surface area contributed by atoms with Crippen molar-refractivity contribution in [2.45, 2.75) is 44.4 Å². The van der Waals surface area contributed by atoms with Crippen molar-refractivity contribution in [2.24, 2.45) is 0 Å². The van der Waals surface area contributed by atoms with Gasteiger partial charge in [-0.05, 0) is 26.3 Å². The summed E-state index contributed by atoms with van der Waals surface area (Å²) in [6.07, 6.45) is -3.61. The molecular formula is C9H15F3N2O. The molecule has 0 aromatic carbocycles. The Labute approximate surface area is 86.4 Å². The molecule has 0 aliphatic carbocycles. The first-order valence-electron chi connectivity index (χ1n) is 4.99. The lowest BCUT2D eigenvalue weighted by Gasteiger charge is -2.18. The summed E-state index contributed by atoms with van der Waals surface area (Å²) >= 11 is 0. The number of amides is 1. The Kier molecular flexibility index (Phi) is 3.96. The molecule has 1 unspecified atom stereocenters. The van der Waals surface area contributed by atoms with E-state index < -0.39 is 18.6 Å². The molecule has 1 aliphatic heterocycles. The van der Waals surface area contributed by atoms with Gasteiger partial charge in [-0.15, -0.1) is 0 Å². The molecule has 0 saturated carbocycles. The van der Waals surface area contributed by atoms with Crippen LogP contribution in [0.25, 0.3) is 0 Å². The van der Waals surface area contributed by atoms with E-state index in [2.05, 4.69) is 10.6 Å². The normalized spacial score (nSPS) is 23.9. The van der Waals surface area contributed by atoms with Crippen molar-refractivity contribution in [1.29, 1.82) is 0 Å². The number of alkyl halides is 3. The smallest absolute Gasteiger partial charge is 0.352 e. The van der Waals surface area contributed by atoms with Crippen molar-refractivity contribution in [3.05, 3.63) is 0 Å². The molecule has 0 aromatic rings. The van der Waals surface area contributed by atoms with Gasteiger partial charge in [0.2, 0.25) is 5.91 Å². The van der Waals surface area contributed by atoms with Gasteiger partial charge in [0.05, 0.1) is 12.5 Å². The fraction of sp³-hybridized carbons (Fsp3) is 0.889. The minimum absolute atomic E-state index is 0.319. The third-order valence-corrected chi connectivity index (χ3v) is 2.30. The summed E-state index contributed by atoms with van der Waals surface area (Å²) in [6, 6.07) is -1.18. The Morgan fingerprint density at radius 2 is 2.27 bits per heavy atom. The van der Waals surface area contributed by atoms with Crippen LogP contribution < -0.4 is 10.6 Å². The van der Waals surface area contributed by atoms with Crippen LogP contribution in [0.4, 0.5) is 13.2 Å². The van der Waals surface area contributed by atoms with Crippen LogP contribution in [-0.4, -0.2) is 30.7 Å². The largest absolute Gasteiger partial charge is 0.391 e. The van der Waals surface area contributed by atoms with Crippen LogP contribution in [0.3, 0.4) is 0 Å². The van der Waals surface area contributed by atoms with Crippen LogP contribution in [0.1, 0.15) is 26.2 Å². The number of nitrogens with one attached hydrogen (secondary N) is 2. The number of rotatable bonds is 3. The summed E-state index contributed by atoms with van der Waals surface area (Å²) in [7, 11) is 0. The average Bonchev–Trinajstić information content (AvgIpc) is 2.50. The quantitative estimate of drug-likeness (QED) is 0.756. The molecular weight excluding hydrogens is 209 g/mol. The lowest BCUT2D eigenvalue weighted by Crippen LogP contribution is -2.45. The SMILES string of the molecule is CC(CC(F)(F)F)NC(=O)[C@H]1CCCN1. The number of carbonyl (C=O) groups excluding carboxylic acids is 1. The summed E-state index contributed by atoms with van der Waals surface area (Å²) in [5.41, 5.74) is 0. The van der Waals surface area contributed by atoms with E-state index in [9.17, 15) is 18.0 Å². The monoisotopic (exact) mass is 224 g/mol. The van der Waals surface area contributed by atoms with E-state index in [0.717, 1.165) is 13.0 Å². The number of carbonyl (C=O) groups is 1. The Hall–Kier alpha value is -0.780. The average molecular weight is 224 g/mol. The molecule has 1 fully saturated rings. The molecule has 1 rings (SSSR count). The van der Waals surface area contributed by atoms with Gasteiger partial charge in [-0.25, -0.2) is 0 Å². The maximum absolute atomic E-state index is 12.0. The standard InChI is InChI=1S/C9H15F3N2O/c1-6(5-9(10,11)12)14-8(15)7-3-2-4-13-7/h6-7,13H,2-5H2,1H3,(H,14,15)/t6?,7-/m1/s1. The zero-order valence-corrected chi connectivity index (χ0v) is 8.53. The van der Waals surface area contributed by atoms with E-state index in [1.807, 2.05) is 0 Å². The van der Waals surface area contributed by atoms with E-state index in [-0.39, 0.29) is 11.9 Å². The van der Waals surface area contributed by atoms with Gasteiger partial charge in [-0.3, -0.25) is 4.79 Å². The molecule has 1 aliphatic rings. The highest BCUT2D eigenvalue weighted by Gasteiger charge is 2.31. The summed E-state index contributed by atoms with van der Waals surface area (Å²) in [5.74, 6) is -0.329. The van der Waals surface area contributed by atoms with Gasteiger partial charge in [0.25, 0.3) is 0 Å². The van der Waals surface area contributed by atoms with Gasteiger partial charge in [0.15, 0.2) is 0 Å². The van der Waals surface area contributed by atoms with Crippen LogP contribution in [0.2, 0.25) is 0 Å². The lowest BCUT2D eigenvalue weighted by atomic mass is 10.2. The Balaban J connectivity index is 2.30. The first-order chi connectivity index (χ1) is 6.88. The van der Waals surface area contributed by atoms with Gasteiger partial charge in [-0.2, -0.15) is 13.2 Å². The zero-order chi connectivity index (χ0) is 11.5. The molecule has 6 heteroatoms. The third-order valence-electron chi connectivity index (χ3n) is 2.30. The van der Waals surface area contributed by atoms with Gasteiger partial charge < -0.3 is 10.6 Å². The van der Waals surface area contributed by atoms with Crippen molar-refractivity contribution in [3.63, 3.8) is 0 Å². The lowest BCUT2D eigenvalue weighted by molar-refractivity contribution is -0.141. The maximum atomic E-state index is 12.0. The molecule has 2 N–H and O–H groups in total. The predicted molar refractivity (Wildman–Crippen MR) is 49.3 cm³/mol. The second kappa shape index (κ2) is 4.83. The minimum atomic E-state index is -4.23. The van der Waals surface area contributed by atoms with Crippen LogP contribution in [0, 0.1) is 0 Å². The summed E-state index contributed by atoms with van der Waals surface area (Å²) < 4.78 is 35.9. The first kappa shape index (κ1) is 12.3. The second-order valence-electron chi connectivity index (χ2n) is 3.88. The summed E-state index contributed by atoms with van der Waals surface area (Å²) in [4.78, 5) is 11.4. The van der Waals surface area contributed by atoms with Crippen LogP contribution >= 0.6 is 0 Å². The molecule has 88 valence electrons. The summed E-state index contributed by atoms with van der Waals surface area (Å²) in [5, 5.41) is 5.29. The predicted octanol–water partition coefficient (Wildman–Crippen LogP) is 1.20. The highest BCUT2D eigenvalue weighted by Crippen LogP contribution is 2.21. The fourth-order valence-corrected chi connectivity index (χ4v) is 1.65. The number of hydrogen-bond acceptors (Lipinski definition) is 2. The summed E-state index contributed by atoms with van der Waals surface area (Å²) in [6.45, 7) is 2.12. The van der Waals surface area contributed by atoms with Gasteiger partial charge in [-0.1, -0.05) is 0 Å². The van der Waals surface area contributed by atoms with Gasteiger partial charge >= 0.3 is 6.18 Å². The highest BCUT2D eigenvalue weighted by atomic mass is 19.4. The second-order valence-corrected chi connectivity index (χ2v) is 3.88. The number of hydrogen-bond donors (Lipinski definition) is 2. The molecule has 3 nitrogen and oxygen atoms in total. The van der Waals surface area contributed by atoms with Crippen molar-refractivity contribution in [1.82, 2.24) is 10.6 Å².